The van der Waals surface area contributed by atoms with Gasteiger partial charge in [0.2, 0.25) is 0 Å². The van der Waals surface area contributed by atoms with Gasteiger partial charge in [-0.05, 0) is 6.26 Å². The van der Waals surface area contributed by atoms with Crippen molar-refractivity contribution >= 4 is 11.8 Å². The van der Waals surface area contributed by atoms with Crippen LogP contribution in [0.15, 0.2) is 12.7 Å². The number of thioether (sulfide) groups is 1. The summed E-state index contributed by atoms with van der Waals surface area (Å²) in [5.74, 6) is 0. The van der Waals surface area contributed by atoms with Crippen molar-refractivity contribution in [2.75, 3.05) is 6.26 Å². The molecular weight excluding hydrogens is 118 g/mol. The van der Waals surface area contributed by atoms with Crippen LogP contribution in [0.4, 0.5) is 0 Å². The lowest BCUT2D eigenvalue weighted by Crippen LogP contribution is -1.92. The predicted molar refractivity (Wildman–Crippen MR) is 37.7 cm³/mol. The maximum atomic E-state index is 8.19. The van der Waals surface area contributed by atoms with E-state index >= 15 is 0 Å². The van der Waals surface area contributed by atoms with Crippen LogP contribution in [0.3, 0.4) is 0 Å². The molecule has 0 fully saturated rings. The highest BCUT2D eigenvalue weighted by molar-refractivity contribution is 7.99. The highest BCUT2D eigenvalue weighted by Crippen LogP contribution is 2.09. The zero-order valence-corrected chi connectivity index (χ0v) is 5.74. The van der Waals surface area contributed by atoms with Gasteiger partial charge in [0.15, 0.2) is 0 Å². The molecule has 0 rings (SSSR count). The lowest BCUT2D eigenvalue weighted by Gasteiger charge is -1.99. The summed E-state index contributed by atoms with van der Waals surface area (Å²) in [4.78, 5) is 0. The number of hydrogen-bond donors (Lipinski definition) is 0. The molecule has 1 unspecified atom stereocenters. The van der Waals surface area contributed by atoms with E-state index in [0.29, 0.717) is 11.7 Å². The first-order valence-electron chi connectivity index (χ1n) is 2.37. The average molecular weight is 127 g/mol. The summed E-state index contributed by atoms with van der Waals surface area (Å²) in [6.07, 6.45) is 4.35. The monoisotopic (exact) mass is 127 g/mol. The summed E-state index contributed by atoms with van der Waals surface area (Å²) < 4.78 is 0. The minimum atomic E-state index is 0.319. The van der Waals surface area contributed by atoms with Crippen molar-refractivity contribution in [2.24, 2.45) is 0 Å². The van der Waals surface area contributed by atoms with E-state index in [2.05, 4.69) is 12.6 Å². The van der Waals surface area contributed by atoms with Gasteiger partial charge < -0.3 is 0 Å². The fraction of sp³-hybridized carbons (Fsp3) is 0.500. The van der Waals surface area contributed by atoms with Gasteiger partial charge in [-0.3, -0.25) is 0 Å². The highest BCUT2D eigenvalue weighted by atomic mass is 32.2. The van der Waals surface area contributed by atoms with Crippen LogP contribution in [0.25, 0.3) is 0 Å². The van der Waals surface area contributed by atoms with Crippen LogP contribution in [-0.2, 0) is 0 Å². The highest BCUT2D eigenvalue weighted by Gasteiger charge is 1.96. The lowest BCUT2D eigenvalue weighted by molar-refractivity contribution is 1.09. The van der Waals surface area contributed by atoms with E-state index in [1.807, 2.05) is 6.26 Å². The molecule has 0 saturated carbocycles. The molecule has 44 valence electrons. The van der Waals surface area contributed by atoms with Gasteiger partial charge in [0.25, 0.3) is 0 Å². The van der Waals surface area contributed by atoms with Crippen LogP contribution in [0, 0.1) is 11.3 Å². The topological polar surface area (TPSA) is 23.8 Å². The van der Waals surface area contributed by atoms with Gasteiger partial charge in [0.05, 0.1) is 12.5 Å². The number of hydrogen-bond acceptors (Lipinski definition) is 2. The molecular formula is C6H9NS. The molecule has 0 saturated heterocycles. The van der Waals surface area contributed by atoms with Crippen LogP contribution < -0.4 is 0 Å². The largest absolute Gasteiger partial charge is 0.198 e. The fourth-order valence-electron chi connectivity index (χ4n) is 0.353. The second kappa shape index (κ2) is 4.73. The molecule has 2 heteroatoms. The fourth-order valence-corrected chi connectivity index (χ4v) is 0.787. The Morgan fingerprint density at radius 1 is 2.00 bits per heavy atom. The first-order valence-corrected chi connectivity index (χ1v) is 3.66. The van der Waals surface area contributed by atoms with Crippen molar-refractivity contribution in [1.29, 1.82) is 5.26 Å². The molecule has 0 heterocycles. The van der Waals surface area contributed by atoms with E-state index in [9.17, 15) is 0 Å². The number of nitriles is 1. The smallest absolute Gasteiger partial charge is 0.0636 e. The number of nitrogens with zero attached hydrogens (tertiary/aromatic N) is 1. The first-order chi connectivity index (χ1) is 3.85. The van der Waals surface area contributed by atoms with Crippen LogP contribution in [0.2, 0.25) is 0 Å². The molecule has 0 aliphatic carbocycles. The van der Waals surface area contributed by atoms with Crippen LogP contribution in [0.1, 0.15) is 6.42 Å². The van der Waals surface area contributed by atoms with Crippen molar-refractivity contribution in [1.82, 2.24) is 0 Å². The molecule has 0 spiro atoms. The van der Waals surface area contributed by atoms with E-state index in [-0.39, 0.29) is 0 Å². The zero-order valence-electron chi connectivity index (χ0n) is 4.92. The summed E-state index contributed by atoms with van der Waals surface area (Å²) in [7, 11) is 0. The summed E-state index contributed by atoms with van der Waals surface area (Å²) in [6.45, 7) is 3.58. The second-order valence-corrected chi connectivity index (χ2v) is 2.45. The Morgan fingerprint density at radius 3 is 2.75 bits per heavy atom. The third-order valence-electron chi connectivity index (χ3n) is 0.858. The maximum absolute atomic E-state index is 8.19. The van der Waals surface area contributed by atoms with Gasteiger partial charge in [-0.2, -0.15) is 17.0 Å². The van der Waals surface area contributed by atoms with Gasteiger partial charge >= 0.3 is 0 Å². The SMILES string of the molecule is C=CC(CC#N)SC. The van der Waals surface area contributed by atoms with Crippen LogP contribution in [0.5, 0.6) is 0 Å². The van der Waals surface area contributed by atoms with Crippen molar-refractivity contribution in [3.63, 3.8) is 0 Å². The maximum Gasteiger partial charge on any atom is 0.0636 e. The molecule has 0 aromatic carbocycles. The Balaban J connectivity index is 3.40. The Kier molecular flexibility index (Phi) is 4.48. The van der Waals surface area contributed by atoms with Gasteiger partial charge in [0, 0.05) is 5.25 Å². The minimum Gasteiger partial charge on any atom is -0.198 e. The molecule has 0 bridgehead atoms. The summed E-state index contributed by atoms with van der Waals surface area (Å²) in [5.41, 5.74) is 0. The Hall–Kier alpha value is -0.420. The van der Waals surface area contributed by atoms with Gasteiger partial charge in [0.1, 0.15) is 0 Å². The molecule has 0 aromatic rings. The molecule has 0 N–H and O–H groups in total. The van der Waals surface area contributed by atoms with E-state index < -0.39 is 0 Å². The van der Waals surface area contributed by atoms with E-state index in [4.69, 9.17) is 5.26 Å². The zero-order chi connectivity index (χ0) is 6.41. The Morgan fingerprint density at radius 2 is 2.62 bits per heavy atom. The van der Waals surface area contributed by atoms with Crippen LogP contribution in [-0.4, -0.2) is 11.5 Å². The van der Waals surface area contributed by atoms with Crippen molar-refractivity contribution < 1.29 is 0 Å². The van der Waals surface area contributed by atoms with Crippen molar-refractivity contribution in [3.8, 4) is 6.07 Å². The van der Waals surface area contributed by atoms with E-state index in [1.165, 1.54) is 0 Å². The Bertz CT molecular complexity index is 104. The van der Waals surface area contributed by atoms with Crippen molar-refractivity contribution in [2.45, 2.75) is 11.7 Å². The summed E-state index contributed by atoms with van der Waals surface area (Å²) in [5, 5.41) is 8.51. The van der Waals surface area contributed by atoms with Crippen LogP contribution >= 0.6 is 11.8 Å². The predicted octanol–water partition coefficient (Wildman–Crippen LogP) is 1.82. The average Bonchev–Trinajstić information content (AvgIpc) is 1.83. The lowest BCUT2D eigenvalue weighted by atomic mass is 10.3. The molecule has 1 nitrogen and oxygen atoms in total. The molecule has 0 aliphatic rings. The van der Waals surface area contributed by atoms with Gasteiger partial charge in [-0.15, -0.1) is 6.58 Å². The standard InChI is InChI=1S/C6H9NS/c1-3-6(8-2)4-5-7/h3,6H,1,4H2,2H3. The molecule has 0 aliphatic heterocycles. The number of rotatable bonds is 3. The summed E-state index contributed by atoms with van der Waals surface area (Å²) >= 11 is 1.65. The Labute approximate surface area is 54.4 Å². The third-order valence-corrected chi connectivity index (χ3v) is 1.82. The molecule has 1 atom stereocenters. The first kappa shape index (κ1) is 7.58. The van der Waals surface area contributed by atoms with Gasteiger partial charge in [-0.1, -0.05) is 6.08 Å². The van der Waals surface area contributed by atoms with E-state index in [1.54, 1.807) is 17.8 Å². The van der Waals surface area contributed by atoms with E-state index in [0.717, 1.165) is 0 Å². The normalized spacial score (nSPS) is 12.0. The molecule has 0 radical (unpaired) electrons. The second-order valence-electron chi connectivity index (χ2n) is 1.37. The quantitative estimate of drug-likeness (QED) is 0.540. The molecule has 0 aromatic heterocycles. The summed E-state index contributed by atoms with van der Waals surface area (Å²) in [6, 6.07) is 2.08. The molecule has 0 amide bonds. The molecule has 8 heavy (non-hydrogen) atoms. The van der Waals surface area contributed by atoms with Gasteiger partial charge in [-0.25, -0.2) is 0 Å². The third kappa shape index (κ3) is 2.70. The minimum absolute atomic E-state index is 0.319. The van der Waals surface area contributed by atoms with Crippen molar-refractivity contribution in [3.05, 3.63) is 12.7 Å².